The van der Waals surface area contributed by atoms with Crippen molar-refractivity contribution in [1.82, 2.24) is 9.55 Å². The SMILES string of the molecule is c1ccc(-c2nc3cccc4c3n2-c2ccc(-c3ccc5c(-c6ccc7ccccc7c6)c6ccccc6c(-c6ccc7ccccc7c6)c5c3)cc2O4)cc1. The van der Waals surface area contributed by atoms with Crippen LogP contribution in [0.25, 0.3) is 105 Å². The summed E-state index contributed by atoms with van der Waals surface area (Å²) in [5.41, 5.74) is 11.1. The number of ether oxygens (including phenoxy) is 1. The molecule has 0 fully saturated rings. The monoisotopic (exact) mass is 712 g/mol. The molecule has 0 bridgehead atoms. The van der Waals surface area contributed by atoms with Crippen molar-refractivity contribution in [2.75, 3.05) is 0 Å². The van der Waals surface area contributed by atoms with Gasteiger partial charge in [-0.15, -0.1) is 0 Å². The molecule has 1 aliphatic heterocycles. The topological polar surface area (TPSA) is 27.1 Å². The smallest absolute Gasteiger partial charge is 0.153 e. The Kier molecular flexibility index (Phi) is 6.63. The molecule has 1 aliphatic rings. The molecule has 0 unspecified atom stereocenters. The van der Waals surface area contributed by atoms with E-state index in [-0.39, 0.29) is 0 Å². The van der Waals surface area contributed by atoms with Gasteiger partial charge in [-0.2, -0.15) is 0 Å². The lowest BCUT2D eigenvalue weighted by atomic mass is 9.84. The first-order valence-corrected chi connectivity index (χ1v) is 19.1. The van der Waals surface area contributed by atoms with Crippen LogP contribution in [0.2, 0.25) is 0 Å². The molecule has 3 nitrogen and oxygen atoms in total. The van der Waals surface area contributed by atoms with E-state index in [4.69, 9.17) is 9.72 Å². The molecule has 3 heteroatoms. The zero-order chi connectivity index (χ0) is 36.7. The van der Waals surface area contributed by atoms with Gasteiger partial charge in [-0.1, -0.05) is 152 Å². The minimum Gasteiger partial charge on any atom is -0.453 e. The molecule has 260 valence electrons. The number of hydrogen-bond acceptors (Lipinski definition) is 2. The molecule has 0 saturated carbocycles. The Balaban J connectivity index is 1.10. The van der Waals surface area contributed by atoms with Gasteiger partial charge < -0.3 is 4.74 Å². The number of fused-ring (bicyclic) bond motifs is 6. The van der Waals surface area contributed by atoms with E-state index in [9.17, 15) is 0 Å². The quantitative estimate of drug-likeness (QED) is 0.170. The van der Waals surface area contributed by atoms with E-state index >= 15 is 0 Å². The van der Waals surface area contributed by atoms with Gasteiger partial charge in [0.2, 0.25) is 0 Å². The first-order valence-electron chi connectivity index (χ1n) is 19.1. The highest BCUT2D eigenvalue weighted by Crippen LogP contribution is 2.48. The van der Waals surface area contributed by atoms with Crippen molar-refractivity contribution in [2.24, 2.45) is 0 Å². The Morgan fingerprint density at radius 1 is 0.357 bits per heavy atom. The Hall–Kier alpha value is -7.49. The van der Waals surface area contributed by atoms with Crippen LogP contribution in [0, 0.1) is 0 Å². The third-order valence-electron chi connectivity index (χ3n) is 11.5. The lowest BCUT2D eigenvalue weighted by Crippen LogP contribution is -2.06. The van der Waals surface area contributed by atoms with Crippen LogP contribution in [0.5, 0.6) is 11.5 Å². The predicted octanol–water partition coefficient (Wildman–Crippen LogP) is 14.4. The van der Waals surface area contributed by atoms with Crippen molar-refractivity contribution in [3.8, 4) is 62.0 Å². The first-order chi connectivity index (χ1) is 27.7. The molecule has 12 rings (SSSR count). The highest BCUT2D eigenvalue weighted by Gasteiger charge is 2.26. The average Bonchev–Trinajstić information content (AvgIpc) is 3.66. The van der Waals surface area contributed by atoms with Gasteiger partial charge in [-0.25, -0.2) is 4.98 Å². The van der Waals surface area contributed by atoms with E-state index in [1.807, 2.05) is 18.2 Å². The van der Waals surface area contributed by atoms with Crippen LogP contribution in [0.4, 0.5) is 0 Å². The number of para-hydroxylation sites is 1. The van der Waals surface area contributed by atoms with Crippen molar-refractivity contribution in [3.05, 3.63) is 194 Å². The predicted molar refractivity (Wildman–Crippen MR) is 233 cm³/mol. The van der Waals surface area contributed by atoms with Crippen LogP contribution in [-0.2, 0) is 0 Å². The number of benzene rings is 10. The van der Waals surface area contributed by atoms with Gasteiger partial charge in [-0.05, 0) is 119 Å². The summed E-state index contributed by atoms with van der Waals surface area (Å²) in [5, 5.41) is 9.86. The molecular weight excluding hydrogens is 681 g/mol. The van der Waals surface area contributed by atoms with Crippen molar-refractivity contribution in [1.29, 1.82) is 0 Å². The second-order valence-electron chi connectivity index (χ2n) is 14.7. The standard InChI is InChI=1S/C53H32N2O/c1-2-13-35(14-3-1)53-54-46-19-10-20-48-52(46)55(53)47-28-26-39(32-49(47)56-48)38-25-27-44-45(31-38)51(41-24-22-34-12-5-7-16-37(34)30-41)43-18-9-8-17-42(43)50(44)40-23-21-33-11-4-6-15-36(33)29-40/h1-32H. The highest BCUT2D eigenvalue weighted by atomic mass is 16.5. The summed E-state index contributed by atoms with van der Waals surface area (Å²) in [5.74, 6) is 2.53. The van der Waals surface area contributed by atoms with Crippen molar-refractivity contribution >= 4 is 54.1 Å². The summed E-state index contributed by atoms with van der Waals surface area (Å²) in [6.45, 7) is 0. The fourth-order valence-corrected chi connectivity index (χ4v) is 8.94. The average molecular weight is 713 g/mol. The van der Waals surface area contributed by atoms with E-state index in [0.29, 0.717) is 0 Å². The lowest BCUT2D eigenvalue weighted by molar-refractivity contribution is 0.476. The van der Waals surface area contributed by atoms with Gasteiger partial charge >= 0.3 is 0 Å². The second kappa shape index (κ2) is 12.0. The molecule has 0 amide bonds. The molecule has 0 spiro atoms. The van der Waals surface area contributed by atoms with Crippen molar-refractivity contribution in [3.63, 3.8) is 0 Å². The molecule has 0 aliphatic carbocycles. The molecule has 0 radical (unpaired) electrons. The summed E-state index contributed by atoms with van der Waals surface area (Å²) < 4.78 is 8.94. The molecule has 0 saturated heterocycles. The molecule has 2 heterocycles. The fraction of sp³-hybridized carbons (Fsp3) is 0. The molecule has 0 N–H and O–H groups in total. The third-order valence-corrected chi connectivity index (χ3v) is 11.5. The van der Waals surface area contributed by atoms with Gasteiger partial charge in [-0.3, -0.25) is 4.57 Å². The van der Waals surface area contributed by atoms with Gasteiger partial charge in [0.25, 0.3) is 0 Å². The number of aromatic nitrogens is 2. The molecule has 0 atom stereocenters. The van der Waals surface area contributed by atoms with E-state index in [0.717, 1.165) is 50.7 Å². The van der Waals surface area contributed by atoms with E-state index in [2.05, 4.69) is 180 Å². The van der Waals surface area contributed by atoms with E-state index in [1.165, 1.54) is 65.3 Å². The summed E-state index contributed by atoms with van der Waals surface area (Å²) >= 11 is 0. The fourth-order valence-electron chi connectivity index (χ4n) is 8.94. The largest absolute Gasteiger partial charge is 0.453 e. The minimum atomic E-state index is 0.808. The number of nitrogens with zero attached hydrogens (tertiary/aromatic N) is 2. The summed E-state index contributed by atoms with van der Waals surface area (Å²) in [7, 11) is 0. The Labute approximate surface area is 323 Å². The third kappa shape index (κ3) is 4.68. The van der Waals surface area contributed by atoms with Crippen LogP contribution < -0.4 is 4.74 Å². The Morgan fingerprint density at radius 3 is 1.64 bits per heavy atom. The van der Waals surface area contributed by atoms with Crippen LogP contribution in [-0.4, -0.2) is 9.55 Å². The van der Waals surface area contributed by atoms with Gasteiger partial charge in [0, 0.05) is 5.56 Å². The number of imidazole rings is 1. The first kappa shape index (κ1) is 30.9. The molecule has 56 heavy (non-hydrogen) atoms. The molecule has 11 aromatic rings. The van der Waals surface area contributed by atoms with Gasteiger partial charge in [0.05, 0.1) is 11.2 Å². The van der Waals surface area contributed by atoms with E-state index < -0.39 is 0 Å². The summed E-state index contributed by atoms with van der Waals surface area (Å²) in [4.78, 5) is 5.08. The zero-order valence-corrected chi connectivity index (χ0v) is 30.3. The van der Waals surface area contributed by atoms with Crippen molar-refractivity contribution < 1.29 is 4.74 Å². The van der Waals surface area contributed by atoms with Crippen LogP contribution >= 0.6 is 0 Å². The van der Waals surface area contributed by atoms with Crippen LogP contribution in [0.15, 0.2) is 194 Å². The summed E-state index contributed by atoms with van der Waals surface area (Å²) in [6.07, 6.45) is 0. The minimum absolute atomic E-state index is 0.808. The van der Waals surface area contributed by atoms with Gasteiger partial charge in [0.1, 0.15) is 11.3 Å². The lowest BCUT2D eigenvalue weighted by Gasteiger charge is -2.22. The Bertz CT molecular complexity index is 3400. The molecule has 1 aromatic heterocycles. The summed E-state index contributed by atoms with van der Waals surface area (Å²) in [6, 6.07) is 70.0. The molecular formula is C53H32N2O. The van der Waals surface area contributed by atoms with Crippen LogP contribution in [0.3, 0.4) is 0 Å². The maximum absolute atomic E-state index is 6.69. The second-order valence-corrected chi connectivity index (χ2v) is 14.7. The number of hydrogen-bond donors (Lipinski definition) is 0. The Morgan fingerprint density at radius 2 is 0.929 bits per heavy atom. The van der Waals surface area contributed by atoms with Gasteiger partial charge in [0.15, 0.2) is 11.5 Å². The normalized spacial score (nSPS) is 12.1. The van der Waals surface area contributed by atoms with E-state index in [1.54, 1.807) is 0 Å². The highest BCUT2D eigenvalue weighted by molar-refractivity contribution is 6.22. The van der Waals surface area contributed by atoms with Crippen molar-refractivity contribution in [2.45, 2.75) is 0 Å². The number of rotatable bonds is 4. The van der Waals surface area contributed by atoms with Crippen LogP contribution in [0.1, 0.15) is 0 Å². The maximum atomic E-state index is 6.69. The molecule has 10 aromatic carbocycles. The zero-order valence-electron chi connectivity index (χ0n) is 30.3. The maximum Gasteiger partial charge on any atom is 0.153 e.